The molecule has 2 aliphatic heterocycles. The van der Waals surface area contributed by atoms with Crippen LogP contribution in [0.2, 0.25) is 0 Å². The predicted molar refractivity (Wildman–Crippen MR) is 125 cm³/mol. The first-order chi connectivity index (χ1) is 17.2. The summed E-state index contributed by atoms with van der Waals surface area (Å²) in [6.07, 6.45) is 2.65. The molecule has 1 aliphatic carbocycles. The number of fused-ring (bicyclic) bond motifs is 2. The number of amides is 2. The van der Waals surface area contributed by atoms with Crippen molar-refractivity contribution in [1.82, 2.24) is 19.9 Å². The lowest BCUT2D eigenvalue weighted by Gasteiger charge is -2.25. The molecule has 0 radical (unpaired) electrons. The fraction of sp³-hybridized carbons (Fsp3) is 0.478. The maximum Gasteiger partial charge on any atom is 0.415 e. The molecule has 4 heterocycles. The van der Waals surface area contributed by atoms with Crippen LogP contribution in [0.4, 0.5) is 20.8 Å². The second kappa shape index (κ2) is 10.4. The molecule has 3 aliphatic rings. The molecule has 0 saturated carbocycles. The summed E-state index contributed by atoms with van der Waals surface area (Å²) >= 11 is 0. The van der Waals surface area contributed by atoms with Crippen LogP contribution >= 0.6 is 0 Å². The van der Waals surface area contributed by atoms with Crippen molar-refractivity contribution in [3.63, 3.8) is 0 Å². The molecular formula is C23H27FN6O6. The summed E-state index contributed by atoms with van der Waals surface area (Å²) in [6.45, 7) is 4.29. The molecule has 2 N–H and O–H groups in total. The Balaban J connectivity index is 0.000000967. The lowest BCUT2D eigenvalue weighted by Crippen LogP contribution is -2.35. The van der Waals surface area contributed by atoms with E-state index in [2.05, 4.69) is 25.2 Å². The largest absolute Gasteiger partial charge is 0.483 e. The highest BCUT2D eigenvalue weighted by Crippen LogP contribution is 2.31. The Morgan fingerprint density at radius 2 is 1.97 bits per heavy atom. The number of rotatable bonds is 5. The van der Waals surface area contributed by atoms with Gasteiger partial charge in [-0.15, -0.1) is 0 Å². The summed E-state index contributed by atoms with van der Waals surface area (Å²) < 4.78 is 25.3. The lowest BCUT2D eigenvalue weighted by atomic mass is 10.1. The van der Waals surface area contributed by atoms with Crippen LogP contribution in [0, 0.1) is 19.7 Å². The van der Waals surface area contributed by atoms with Crippen molar-refractivity contribution >= 4 is 30.1 Å². The van der Waals surface area contributed by atoms with Crippen LogP contribution in [0.5, 0.6) is 5.88 Å². The topological polar surface area (TPSA) is 147 Å². The Kier molecular flexibility index (Phi) is 7.29. The number of carbonyl (C=O) groups excluding carboxylic acids is 2. The molecule has 2 unspecified atom stereocenters. The fourth-order valence-corrected chi connectivity index (χ4v) is 4.65. The van der Waals surface area contributed by atoms with Gasteiger partial charge in [0.1, 0.15) is 11.9 Å². The molecular weight excluding hydrogens is 475 g/mol. The van der Waals surface area contributed by atoms with Crippen LogP contribution in [0.15, 0.2) is 6.20 Å². The Morgan fingerprint density at radius 3 is 2.72 bits per heavy atom. The first-order valence-electron chi connectivity index (χ1n) is 11.4. The van der Waals surface area contributed by atoms with E-state index in [9.17, 15) is 14.0 Å². The monoisotopic (exact) mass is 502 g/mol. The van der Waals surface area contributed by atoms with Gasteiger partial charge in [0, 0.05) is 18.3 Å². The van der Waals surface area contributed by atoms with Gasteiger partial charge in [0.05, 0.1) is 18.4 Å². The molecule has 192 valence electrons. The van der Waals surface area contributed by atoms with Crippen molar-refractivity contribution in [1.29, 1.82) is 0 Å². The number of hydrogen-bond acceptors (Lipinski definition) is 9. The SMILES string of the molecule is Cc1nc(C)c2c(c1F)CC(N(C)CCC1CN(c3cnc4c(n3)NC(=O)CO4)C(=O)O1)C2.O=CO. The maximum atomic E-state index is 14.5. The Bertz CT molecular complexity index is 1190. The van der Waals surface area contributed by atoms with Crippen molar-refractivity contribution in [2.45, 2.75) is 45.3 Å². The van der Waals surface area contributed by atoms with Gasteiger partial charge in [-0.3, -0.25) is 19.5 Å². The van der Waals surface area contributed by atoms with E-state index in [0.717, 1.165) is 23.2 Å². The number of anilines is 2. The van der Waals surface area contributed by atoms with Crippen LogP contribution in [0.1, 0.15) is 28.9 Å². The molecule has 2 amide bonds. The van der Waals surface area contributed by atoms with Gasteiger partial charge in [0.15, 0.2) is 18.2 Å². The molecule has 5 rings (SSSR count). The third kappa shape index (κ3) is 5.05. The van der Waals surface area contributed by atoms with Crippen LogP contribution in [-0.2, 0) is 27.2 Å². The van der Waals surface area contributed by atoms with Crippen molar-refractivity contribution in [2.24, 2.45) is 0 Å². The second-order valence-corrected chi connectivity index (χ2v) is 8.83. The molecule has 0 aromatic carbocycles. The van der Waals surface area contributed by atoms with Crippen LogP contribution < -0.4 is 15.0 Å². The predicted octanol–water partition coefficient (Wildman–Crippen LogP) is 1.47. The number of halogens is 1. The number of carboxylic acid groups (broad SMARTS) is 1. The van der Waals surface area contributed by atoms with E-state index in [1.807, 2.05) is 14.0 Å². The Labute approximate surface area is 206 Å². The van der Waals surface area contributed by atoms with Crippen molar-refractivity contribution in [2.75, 3.05) is 37.0 Å². The van der Waals surface area contributed by atoms with E-state index in [0.29, 0.717) is 37.4 Å². The minimum Gasteiger partial charge on any atom is -0.483 e. The van der Waals surface area contributed by atoms with Crippen molar-refractivity contribution in [3.8, 4) is 5.88 Å². The van der Waals surface area contributed by atoms with Crippen LogP contribution in [0.3, 0.4) is 0 Å². The quantitative estimate of drug-likeness (QED) is 0.576. The van der Waals surface area contributed by atoms with Gasteiger partial charge >= 0.3 is 6.09 Å². The number of hydrogen-bond donors (Lipinski definition) is 2. The average Bonchev–Trinajstić information content (AvgIpc) is 3.46. The van der Waals surface area contributed by atoms with Gasteiger partial charge in [0.2, 0.25) is 0 Å². The maximum absolute atomic E-state index is 14.5. The van der Waals surface area contributed by atoms with Gasteiger partial charge in [-0.05, 0) is 51.3 Å². The minimum absolute atomic E-state index is 0.114. The number of ether oxygens (including phenoxy) is 2. The number of aryl methyl sites for hydroxylation is 2. The minimum atomic E-state index is -0.507. The van der Waals surface area contributed by atoms with Gasteiger partial charge in [-0.2, -0.15) is 0 Å². The Hall–Kier alpha value is -3.87. The number of pyridine rings is 1. The summed E-state index contributed by atoms with van der Waals surface area (Å²) in [4.78, 5) is 48.6. The highest BCUT2D eigenvalue weighted by atomic mass is 19.1. The van der Waals surface area contributed by atoms with Gasteiger partial charge in [-0.25, -0.2) is 19.2 Å². The number of cyclic esters (lactones) is 1. The fourth-order valence-electron chi connectivity index (χ4n) is 4.65. The first-order valence-corrected chi connectivity index (χ1v) is 11.4. The van der Waals surface area contributed by atoms with Crippen LogP contribution in [0.25, 0.3) is 0 Å². The third-order valence-electron chi connectivity index (χ3n) is 6.50. The zero-order valence-corrected chi connectivity index (χ0v) is 20.2. The Morgan fingerprint density at radius 1 is 1.25 bits per heavy atom. The summed E-state index contributed by atoms with van der Waals surface area (Å²) in [5.41, 5.74) is 3.13. The number of likely N-dealkylation sites (N-methyl/N-ethyl adjacent to an activating group) is 1. The van der Waals surface area contributed by atoms with E-state index >= 15 is 0 Å². The average molecular weight is 503 g/mol. The van der Waals surface area contributed by atoms with E-state index in [4.69, 9.17) is 19.4 Å². The number of carbonyl (C=O) groups is 3. The van der Waals surface area contributed by atoms with E-state index in [1.54, 1.807) is 6.92 Å². The summed E-state index contributed by atoms with van der Waals surface area (Å²) in [6, 6.07) is 0.181. The molecule has 13 heteroatoms. The van der Waals surface area contributed by atoms with E-state index < -0.39 is 6.09 Å². The molecule has 2 aromatic rings. The third-order valence-corrected chi connectivity index (χ3v) is 6.50. The summed E-state index contributed by atoms with van der Waals surface area (Å²) in [7, 11) is 2.01. The molecule has 1 saturated heterocycles. The highest BCUT2D eigenvalue weighted by molar-refractivity contribution is 5.94. The lowest BCUT2D eigenvalue weighted by molar-refractivity contribution is -0.123. The van der Waals surface area contributed by atoms with Gasteiger partial charge in [0.25, 0.3) is 18.3 Å². The van der Waals surface area contributed by atoms with Gasteiger partial charge < -0.3 is 24.8 Å². The first kappa shape index (κ1) is 25.2. The molecule has 36 heavy (non-hydrogen) atoms. The zero-order valence-electron chi connectivity index (χ0n) is 20.2. The van der Waals surface area contributed by atoms with Crippen LogP contribution in [-0.4, -0.2) is 82.3 Å². The summed E-state index contributed by atoms with van der Waals surface area (Å²) in [5, 5.41) is 9.47. The highest BCUT2D eigenvalue weighted by Gasteiger charge is 2.35. The standard InChI is InChI=1S/C22H25FN6O4.CH2O2/c1-11-15-6-13(7-16(15)19(23)12(2)25-11)28(3)5-4-14-9-29(22(31)33-14)17-8-24-21-20(26-17)27-18(30)10-32-21;2-1-3/h8,13-14H,4-7,9-10H2,1-3H3,(H,26,27,30);1H,(H,2,3). The molecule has 1 fully saturated rings. The molecule has 0 spiro atoms. The molecule has 2 aromatic heterocycles. The van der Waals surface area contributed by atoms with Crippen molar-refractivity contribution in [3.05, 3.63) is 34.5 Å². The normalized spacial score (nSPS) is 20.1. The zero-order chi connectivity index (χ0) is 26.0. The van der Waals surface area contributed by atoms with Gasteiger partial charge in [-0.1, -0.05) is 0 Å². The summed E-state index contributed by atoms with van der Waals surface area (Å²) in [5.74, 6) is 0.181. The number of nitrogens with one attached hydrogen (secondary N) is 1. The van der Waals surface area contributed by atoms with E-state index in [-0.39, 0.29) is 48.6 Å². The number of nitrogens with zero attached hydrogens (tertiary/aromatic N) is 5. The molecule has 0 bridgehead atoms. The smallest absolute Gasteiger partial charge is 0.415 e. The van der Waals surface area contributed by atoms with E-state index in [1.165, 1.54) is 11.1 Å². The second-order valence-electron chi connectivity index (χ2n) is 8.83. The molecule has 12 nitrogen and oxygen atoms in total. The number of aromatic nitrogens is 3. The van der Waals surface area contributed by atoms with Crippen molar-refractivity contribution < 1.29 is 33.4 Å². The molecule has 2 atom stereocenters.